The summed E-state index contributed by atoms with van der Waals surface area (Å²) >= 11 is 0. The monoisotopic (exact) mass is 355 g/mol. The van der Waals surface area contributed by atoms with Gasteiger partial charge in [0.15, 0.2) is 0 Å². The van der Waals surface area contributed by atoms with E-state index in [0.717, 1.165) is 43.2 Å². The number of aromatic nitrogens is 2. The summed E-state index contributed by atoms with van der Waals surface area (Å²) in [5.74, 6) is 2.53. The average Bonchev–Trinajstić information content (AvgIpc) is 2.68. The number of nitrogens with zero attached hydrogens (tertiary/aromatic N) is 4. The average molecular weight is 355 g/mol. The molecule has 0 bridgehead atoms. The number of carbonyl (C=O) groups is 1. The van der Waals surface area contributed by atoms with Crippen molar-refractivity contribution in [3.05, 3.63) is 42.1 Å². The number of hydrogen-bond donors (Lipinski definition) is 1. The van der Waals surface area contributed by atoms with Crippen LogP contribution in [0.2, 0.25) is 0 Å². The third-order valence-electron chi connectivity index (χ3n) is 4.54. The number of carbonyl (C=O) groups excluding carboxylic acids is 1. The van der Waals surface area contributed by atoms with Gasteiger partial charge in [-0.15, -0.1) is 0 Å². The molecule has 138 valence electrons. The molecule has 1 aromatic carbocycles. The van der Waals surface area contributed by atoms with Crippen LogP contribution in [-0.2, 0) is 11.2 Å². The van der Waals surface area contributed by atoms with Crippen LogP contribution in [0.15, 0.2) is 36.5 Å². The van der Waals surface area contributed by atoms with Crippen molar-refractivity contribution in [1.82, 2.24) is 14.9 Å². The Balaban J connectivity index is 1.55. The molecule has 1 aliphatic heterocycles. The van der Waals surface area contributed by atoms with Crippen molar-refractivity contribution < 1.29 is 9.53 Å². The molecule has 1 saturated heterocycles. The minimum atomic E-state index is 0.123. The minimum absolute atomic E-state index is 0.123. The maximum absolute atomic E-state index is 11.4. The number of methoxy groups -OCH3 is 1. The molecule has 26 heavy (non-hydrogen) atoms. The molecule has 3 rings (SSSR count). The van der Waals surface area contributed by atoms with Crippen LogP contribution in [0.1, 0.15) is 12.5 Å². The lowest BCUT2D eigenvalue weighted by Gasteiger charge is -2.34. The molecule has 7 nitrogen and oxygen atoms in total. The van der Waals surface area contributed by atoms with E-state index in [2.05, 4.69) is 26.3 Å². The number of ether oxygens (including phenoxy) is 1. The summed E-state index contributed by atoms with van der Waals surface area (Å²) in [6.45, 7) is 5.30. The number of anilines is 2. The van der Waals surface area contributed by atoms with Gasteiger partial charge >= 0.3 is 0 Å². The normalized spacial score (nSPS) is 14.2. The molecule has 1 amide bonds. The highest BCUT2D eigenvalue weighted by Crippen LogP contribution is 2.18. The molecule has 2 aromatic rings. The molecule has 1 aliphatic rings. The van der Waals surface area contributed by atoms with Crippen LogP contribution in [0.3, 0.4) is 0 Å². The zero-order valence-corrected chi connectivity index (χ0v) is 15.3. The number of hydrogen-bond acceptors (Lipinski definition) is 6. The highest BCUT2D eigenvalue weighted by atomic mass is 16.5. The number of para-hydroxylation sites is 1. The molecule has 0 atom stereocenters. The zero-order valence-electron chi connectivity index (χ0n) is 15.3. The molecular formula is C19H25N5O2. The van der Waals surface area contributed by atoms with Gasteiger partial charge in [0.05, 0.1) is 7.11 Å². The van der Waals surface area contributed by atoms with E-state index in [1.165, 1.54) is 0 Å². The lowest BCUT2D eigenvalue weighted by Crippen LogP contribution is -2.48. The number of rotatable bonds is 6. The maximum atomic E-state index is 11.4. The maximum Gasteiger partial charge on any atom is 0.227 e. The molecule has 1 aromatic heterocycles. The van der Waals surface area contributed by atoms with Gasteiger partial charge in [0.25, 0.3) is 0 Å². The molecule has 0 aliphatic carbocycles. The lowest BCUT2D eigenvalue weighted by atomic mass is 10.1. The van der Waals surface area contributed by atoms with Gasteiger partial charge in [-0.3, -0.25) is 4.79 Å². The first kappa shape index (κ1) is 18.0. The molecule has 0 spiro atoms. The summed E-state index contributed by atoms with van der Waals surface area (Å²) in [6, 6.07) is 9.90. The summed E-state index contributed by atoms with van der Waals surface area (Å²) in [5.41, 5.74) is 1.16. The summed E-state index contributed by atoms with van der Waals surface area (Å²) in [5, 5.41) is 3.35. The molecule has 0 radical (unpaired) electrons. The fraction of sp³-hybridized carbons (Fsp3) is 0.421. The second-order valence-corrected chi connectivity index (χ2v) is 6.22. The zero-order chi connectivity index (χ0) is 18.4. The van der Waals surface area contributed by atoms with Crippen LogP contribution in [0.4, 0.5) is 11.8 Å². The second kappa shape index (κ2) is 8.51. The van der Waals surface area contributed by atoms with Crippen molar-refractivity contribution in [1.29, 1.82) is 0 Å². The molecule has 0 saturated carbocycles. The molecule has 2 heterocycles. The van der Waals surface area contributed by atoms with E-state index < -0.39 is 0 Å². The highest BCUT2D eigenvalue weighted by molar-refractivity contribution is 5.73. The van der Waals surface area contributed by atoms with Crippen molar-refractivity contribution in [3.63, 3.8) is 0 Å². The minimum Gasteiger partial charge on any atom is -0.496 e. The number of benzene rings is 1. The predicted molar refractivity (Wildman–Crippen MR) is 102 cm³/mol. The summed E-state index contributed by atoms with van der Waals surface area (Å²) in [6.07, 6.45) is 2.62. The van der Waals surface area contributed by atoms with E-state index in [4.69, 9.17) is 4.74 Å². The first-order valence-corrected chi connectivity index (χ1v) is 8.86. The van der Waals surface area contributed by atoms with Crippen molar-refractivity contribution >= 4 is 17.7 Å². The van der Waals surface area contributed by atoms with E-state index in [9.17, 15) is 4.79 Å². The fourth-order valence-corrected chi connectivity index (χ4v) is 3.06. The second-order valence-electron chi connectivity index (χ2n) is 6.22. The van der Waals surface area contributed by atoms with Gasteiger partial charge in [0, 0.05) is 45.8 Å². The van der Waals surface area contributed by atoms with E-state index in [1.54, 1.807) is 20.2 Å². The van der Waals surface area contributed by atoms with Crippen LogP contribution in [0, 0.1) is 0 Å². The van der Waals surface area contributed by atoms with E-state index in [1.807, 2.05) is 29.2 Å². The molecule has 1 fully saturated rings. The predicted octanol–water partition coefficient (Wildman–Crippen LogP) is 1.81. The Morgan fingerprint density at radius 3 is 2.69 bits per heavy atom. The van der Waals surface area contributed by atoms with Gasteiger partial charge in [-0.2, -0.15) is 4.98 Å². The summed E-state index contributed by atoms with van der Waals surface area (Å²) in [7, 11) is 1.69. The molecule has 7 heteroatoms. The van der Waals surface area contributed by atoms with Crippen LogP contribution in [-0.4, -0.2) is 60.6 Å². The van der Waals surface area contributed by atoms with Crippen molar-refractivity contribution in [3.8, 4) is 5.75 Å². The van der Waals surface area contributed by atoms with Crippen LogP contribution >= 0.6 is 0 Å². The largest absolute Gasteiger partial charge is 0.496 e. The van der Waals surface area contributed by atoms with Gasteiger partial charge in [0.1, 0.15) is 11.6 Å². The van der Waals surface area contributed by atoms with Crippen molar-refractivity contribution in [2.45, 2.75) is 13.3 Å². The lowest BCUT2D eigenvalue weighted by molar-refractivity contribution is -0.129. The Hall–Kier alpha value is -2.83. The van der Waals surface area contributed by atoms with Gasteiger partial charge in [-0.25, -0.2) is 4.98 Å². The number of piperazine rings is 1. The Bertz CT molecular complexity index is 744. The number of nitrogens with one attached hydrogen (secondary N) is 1. The van der Waals surface area contributed by atoms with Crippen LogP contribution in [0.25, 0.3) is 0 Å². The Kier molecular flexibility index (Phi) is 5.88. The van der Waals surface area contributed by atoms with Crippen molar-refractivity contribution in [2.24, 2.45) is 0 Å². The molecular weight excluding hydrogens is 330 g/mol. The van der Waals surface area contributed by atoms with Crippen LogP contribution in [0.5, 0.6) is 5.75 Å². The quantitative estimate of drug-likeness (QED) is 0.852. The Morgan fingerprint density at radius 1 is 1.19 bits per heavy atom. The van der Waals surface area contributed by atoms with E-state index in [0.29, 0.717) is 19.0 Å². The Morgan fingerprint density at radius 2 is 1.96 bits per heavy atom. The first-order chi connectivity index (χ1) is 12.7. The van der Waals surface area contributed by atoms with Gasteiger partial charge < -0.3 is 19.9 Å². The number of amides is 1. The molecule has 1 N–H and O–H groups in total. The smallest absolute Gasteiger partial charge is 0.227 e. The van der Waals surface area contributed by atoms with Gasteiger partial charge in [0.2, 0.25) is 11.9 Å². The fourth-order valence-electron chi connectivity index (χ4n) is 3.06. The third-order valence-corrected chi connectivity index (χ3v) is 4.54. The summed E-state index contributed by atoms with van der Waals surface area (Å²) < 4.78 is 5.38. The third kappa shape index (κ3) is 4.41. The van der Waals surface area contributed by atoms with Gasteiger partial charge in [-0.05, 0) is 24.1 Å². The van der Waals surface area contributed by atoms with E-state index in [-0.39, 0.29) is 5.91 Å². The Labute approximate surface area is 154 Å². The standard InChI is InChI=1S/C19H25N5O2/c1-15(25)23-11-13-24(14-12-23)19-21-10-8-18(22-19)20-9-7-16-5-3-4-6-17(16)26-2/h3-6,8,10H,7,9,11-14H2,1-2H3,(H,20,21,22). The highest BCUT2D eigenvalue weighted by Gasteiger charge is 2.20. The SMILES string of the molecule is COc1ccccc1CCNc1ccnc(N2CCN(C(C)=O)CC2)n1. The first-order valence-electron chi connectivity index (χ1n) is 8.86. The van der Waals surface area contributed by atoms with Crippen molar-refractivity contribution in [2.75, 3.05) is 50.1 Å². The molecule has 0 unspecified atom stereocenters. The van der Waals surface area contributed by atoms with Crippen LogP contribution < -0.4 is 15.0 Å². The topological polar surface area (TPSA) is 70.6 Å². The summed E-state index contributed by atoms with van der Waals surface area (Å²) in [4.78, 5) is 24.4. The van der Waals surface area contributed by atoms with Gasteiger partial charge in [-0.1, -0.05) is 18.2 Å². The van der Waals surface area contributed by atoms with E-state index >= 15 is 0 Å².